The third-order valence-electron chi connectivity index (χ3n) is 3.32. The average molecular weight is 225 g/mol. The summed E-state index contributed by atoms with van der Waals surface area (Å²) < 4.78 is 5.54. The molecule has 1 rings (SSSR count). The molecular weight excluding hydrogens is 202 g/mol. The highest BCUT2D eigenvalue weighted by Gasteiger charge is 2.25. The van der Waals surface area contributed by atoms with Crippen molar-refractivity contribution in [2.24, 2.45) is 11.7 Å². The van der Waals surface area contributed by atoms with Crippen LogP contribution in [0.2, 0.25) is 0 Å². The van der Waals surface area contributed by atoms with Crippen LogP contribution in [0.3, 0.4) is 0 Å². The van der Waals surface area contributed by atoms with E-state index in [-0.39, 0.29) is 5.92 Å². The van der Waals surface area contributed by atoms with E-state index in [1.165, 1.54) is 0 Å². The number of rotatable bonds is 5. The summed E-state index contributed by atoms with van der Waals surface area (Å²) in [5, 5.41) is 10.3. The van der Waals surface area contributed by atoms with Gasteiger partial charge in [-0.05, 0) is 39.3 Å². The van der Waals surface area contributed by atoms with Crippen LogP contribution >= 0.6 is 0 Å². The van der Waals surface area contributed by atoms with Crippen molar-refractivity contribution in [1.82, 2.24) is 0 Å². The Morgan fingerprint density at radius 1 is 1.25 bits per heavy atom. The predicted molar refractivity (Wildman–Crippen MR) is 65.3 cm³/mol. The highest BCUT2D eigenvalue weighted by Crippen LogP contribution is 2.32. The molecule has 0 aliphatic carbocycles. The molecule has 0 fully saturated rings. The number of hydrogen-bond acceptors (Lipinski definition) is 3. The summed E-state index contributed by atoms with van der Waals surface area (Å²) in [7, 11) is 0. The maximum absolute atomic E-state index is 10.3. The van der Waals surface area contributed by atoms with E-state index in [2.05, 4.69) is 6.92 Å². The Labute approximate surface area is 97.6 Å². The van der Waals surface area contributed by atoms with Crippen molar-refractivity contribution >= 4 is 0 Å². The van der Waals surface area contributed by atoms with Crippen LogP contribution in [0.25, 0.3) is 0 Å². The molecule has 0 saturated carbocycles. The molecule has 2 atom stereocenters. The van der Waals surface area contributed by atoms with Crippen LogP contribution in [-0.4, -0.2) is 11.7 Å². The fraction of sp³-hybridized carbons (Fsp3) is 0.692. The van der Waals surface area contributed by atoms with Crippen molar-refractivity contribution in [1.29, 1.82) is 0 Å². The third kappa shape index (κ3) is 2.47. The van der Waals surface area contributed by atoms with Gasteiger partial charge in [-0.1, -0.05) is 13.3 Å². The van der Waals surface area contributed by atoms with Gasteiger partial charge in [0.25, 0.3) is 0 Å². The lowest BCUT2D eigenvalue weighted by Crippen LogP contribution is -2.22. The molecule has 2 unspecified atom stereocenters. The molecule has 0 aliphatic rings. The summed E-state index contributed by atoms with van der Waals surface area (Å²) in [5.41, 5.74) is 7.70. The van der Waals surface area contributed by atoms with Crippen LogP contribution in [-0.2, 0) is 0 Å². The van der Waals surface area contributed by atoms with Crippen LogP contribution < -0.4 is 5.73 Å². The lowest BCUT2D eigenvalue weighted by atomic mass is 9.90. The zero-order valence-corrected chi connectivity index (χ0v) is 10.7. The van der Waals surface area contributed by atoms with E-state index in [0.717, 1.165) is 35.5 Å². The lowest BCUT2D eigenvalue weighted by molar-refractivity contribution is 0.105. The highest BCUT2D eigenvalue weighted by molar-refractivity contribution is 5.33. The van der Waals surface area contributed by atoms with Crippen molar-refractivity contribution in [2.75, 3.05) is 6.54 Å². The zero-order chi connectivity index (χ0) is 12.3. The van der Waals surface area contributed by atoms with Gasteiger partial charge in [0.15, 0.2) is 0 Å². The van der Waals surface area contributed by atoms with Gasteiger partial charge in [0, 0.05) is 11.5 Å². The van der Waals surface area contributed by atoms with Gasteiger partial charge in [-0.15, -0.1) is 0 Å². The van der Waals surface area contributed by atoms with Crippen LogP contribution in [0.15, 0.2) is 4.42 Å². The number of hydrogen-bond donors (Lipinski definition) is 2. The number of aryl methyl sites for hydroxylation is 2. The Kier molecular flexibility index (Phi) is 4.56. The smallest absolute Gasteiger partial charge is 0.107 e. The first-order valence-corrected chi connectivity index (χ1v) is 5.97. The molecule has 0 amide bonds. The van der Waals surface area contributed by atoms with Crippen molar-refractivity contribution < 1.29 is 9.52 Å². The van der Waals surface area contributed by atoms with Crippen molar-refractivity contribution in [3.63, 3.8) is 0 Å². The molecule has 0 radical (unpaired) electrons. The summed E-state index contributed by atoms with van der Waals surface area (Å²) in [6.07, 6.45) is 1.48. The molecule has 0 saturated heterocycles. The molecule has 3 N–H and O–H groups in total. The van der Waals surface area contributed by atoms with Crippen molar-refractivity contribution in [3.8, 4) is 0 Å². The topological polar surface area (TPSA) is 59.4 Å². The first-order chi connectivity index (χ1) is 7.52. The Balaban J connectivity index is 2.98. The largest absolute Gasteiger partial charge is 0.466 e. The van der Waals surface area contributed by atoms with Gasteiger partial charge in [0.2, 0.25) is 0 Å². The summed E-state index contributed by atoms with van der Waals surface area (Å²) in [6, 6.07) is 0. The third-order valence-corrected chi connectivity index (χ3v) is 3.32. The molecule has 0 bridgehead atoms. The van der Waals surface area contributed by atoms with Crippen molar-refractivity contribution in [3.05, 3.63) is 22.6 Å². The predicted octanol–water partition coefficient (Wildman–Crippen LogP) is 2.61. The van der Waals surface area contributed by atoms with Gasteiger partial charge in [0.05, 0.1) is 6.10 Å². The molecule has 1 aromatic rings. The monoisotopic (exact) mass is 225 g/mol. The van der Waals surface area contributed by atoms with E-state index in [4.69, 9.17) is 10.2 Å². The van der Waals surface area contributed by atoms with Gasteiger partial charge in [-0.2, -0.15) is 0 Å². The van der Waals surface area contributed by atoms with E-state index >= 15 is 0 Å². The molecule has 1 heterocycles. The quantitative estimate of drug-likeness (QED) is 0.809. The second-order valence-electron chi connectivity index (χ2n) is 4.48. The number of aliphatic hydroxyl groups excluding tert-OH is 1. The Morgan fingerprint density at radius 3 is 2.25 bits per heavy atom. The molecule has 1 aromatic heterocycles. The summed E-state index contributed by atoms with van der Waals surface area (Å²) in [5.74, 6) is 1.83. The maximum Gasteiger partial charge on any atom is 0.107 e. The fourth-order valence-electron chi connectivity index (χ4n) is 2.26. The molecular formula is C13H23NO2. The van der Waals surface area contributed by atoms with E-state index in [1.807, 2.05) is 20.8 Å². The fourth-order valence-corrected chi connectivity index (χ4v) is 2.26. The minimum Gasteiger partial charge on any atom is -0.466 e. The second kappa shape index (κ2) is 5.51. The highest BCUT2D eigenvalue weighted by atomic mass is 16.3. The van der Waals surface area contributed by atoms with Gasteiger partial charge in [-0.25, -0.2) is 0 Å². The van der Waals surface area contributed by atoms with E-state index < -0.39 is 6.10 Å². The van der Waals surface area contributed by atoms with E-state index in [0.29, 0.717) is 6.54 Å². The second-order valence-corrected chi connectivity index (χ2v) is 4.48. The molecule has 0 spiro atoms. The van der Waals surface area contributed by atoms with Gasteiger partial charge >= 0.3 is 0 Å². The maximum atomic E-state index is 10.3. The van der Waals surface area contributed by atoms with E-state index in [9.17, 15) is 5.11 Å². The van der Waals surface area contributed by atoms with E-state index in [1.54, 1.807) is 0 Å². The van der Waals surface area contributed by atoms with Gasteiger partial charge in [-0.3, -0.25) is 0 Å². The van der Waals surface area contributed by atoms with Gasteiger partial charge < -0.3 is 15.3 Å². The van der Waals surface area contributed by atoms with Crippen LogP contribution in [0.4, 0.5) is 0 Å². The van der Waals surface area contributed by atoms with Gasteiger partial charge in [0.1, 0.15) is 11.5 Å². The molecule has 92 valence electrons. The Hall–Kier alpha value is -0.800. The number of nitrogens with two attached hydrogens (primary N) is 1. The summed E-state index contributed by atoms with van der Waals surface area (Å²) >= 11 is 0. The average Bonchev–Trinajstić information content (AvgIpc) is 2.49. The number of furan rings is 1. The molecule has 0 aromatic carbocycles. The Bertz CT molecular complexity index is 344. The molecule has 3 heteroatoms. The summed E-state index contributed by atoms with van der Waals surface area (Å²) in [4.78, 5) is 0. The number of aliphatic hydroxyl groups is 1. The van der Waals surface area contributed by atoms with Crippen LogP contribution in [0.1, 0.15) is 48.5 Å². The first-order valence-electron chi connectivity index (χ1n) is 5.97. The first kappa shape index (κ1) is 13.3. The standard InChI is InChI=1S/C13H23NO2/c1-5-6-11(7-14)13(15)12-8(2)9(3)16-10(12)4/h11,13,15H,5-7,14H2,1-4H3. The Morgan fingerprint density at radius 2 is 1.88 bits per heavy atom. The molecule has 16 heavy (non-hydrogen) atoms. The molecule has 3 nitrogen and oxygen atoms in total. The van der Waals surface area contributed by atoms with Crippen LogP contribution in [0.5, 0.6) is 0 Å². The minimum absolute atomic E-state index is 0.124. The lowest BCUT2D eigenvalue weighted by Gasteiger charge is -2.21. The van der Waals surface area contributed by atoms with Crippen LogP contribution in [0, 0.1) is 26.7 Å². The normalized spacial score (nSPS) is 15.1. The zero-order valence-electron chi connectivity index (χ0n) is 10.7. The minimum atomic E-state index is -0.498. The molecule has 0 aliphatic heterocycles. The SMILES string of the molecule is CCCC(CN)C(O)c1c(C)oc(C)c1C. The summed E-state index contributed by atoms with van der Waals surface area (Å²) in [6.45, 7) is 8.44. The van der Waals surface area contributed by atoms with Crippen molar-refractivity contribution in [2.45, 2.75) is 46.6 Å².